The molecular weight excluding hydrogens is 390 g/mol. The molecule has 0 radical (unpaired) electrons. The van der Waals surface area contributed by atoms with E-state index in [0.717, 1.165) is 39.6 Å². The van der Waals surface area contributed by atoms with Crippen molar-refractivity contribution in [2.24, 2.45) is 0 Å². The highest BCUT2D eigenvalue weighted by Crippen LogP contribution is 2.23. The van der Waals surface area contributed by atoms with Gasteiger partial charge in [-0.3, -0.25) is 4.68 Å². The third kappa shape index (κ3) is 4.86. The van der Waals surface area contributed by atoms with Gasteiger partial charge in [-0.15, -0.1) is 0 Å². The van der Waals surface area contributed by atoms with Crippen molar-refractivity contribution in [3.8, 4) is 17.2 Å². The van der Waals surface area contributed by atoms with Gasteiger partial charge in [0.2, 0.25) is 5.89 Å². The standard InChI is InChI=1S/C25H27N3O3/c1-17(2)24-21(15-29)14-28(27-24)13-19-9-11-22(12-10-19)30-16-23-18(3)31-25(26-23)20-7-5-4-6-8-20/h4-12,14,17,29H,13,15-16H2,1-3H3. The number of aliphatic hydroxyl groups is 1. The Morgan fingerprint density at radius 3 is 2.45 bits per heavy atom. The summed E-state index contributed by atoms with van der Waals surface area (Å²) < 4.78 is 13.6. The lowest BCUT2D eigenvalue weighted by Crippen LogP contribution is -2.02. The van der Waals surface area contributed by atoms with Crippen molar-refractivity contribution in [1.29, 1.82) is 0 Å². The summed E-state index contributed by atoms with van der Waals surface area (Å²) in [7, 11) is 0. The predicted octanol–water partition coefficient (Wildman–Crippen LogP) is 5.09. The summed E-state index contributed by atoms with van der Waals surface area (Å²) in [5, 5.41) is 14.2. The van der Waals surface area contributed by atoms with E-state index in [1.165, 1.54) is 0 Å². The van der Waals surface area contributed by atoms with Crippen LogP contribution in [0.4, 0.5) is 0 Å². The minimum Gasteiger partial charge on any atom is -0.487 e. The lowest BCUT2D eigenvalue weighted by molar-refractivity contribution is 0.280. The summed E-state index contributed by atoms with van der Waals surface area (Å²) >= 11 is 0. The minimum absolute atomic E-state index is 0.00768. The zero-order chi connectivity index (χ0) is 21.8. The van der Waals surface area contributed by atoms with Gasteiger partial charge in [0.1, 0.15) is 23.8 Å². The quantitative estimate of drug-likeness (QED) is 0.432. The number of rotatable bonds is 8. The summed E-state index contributed by atoms with van der Waals surface area (Å²) in [4.78, 5) is 4.58. The first kappa shape index (κ1) is 20.9. The topological polar surface area (TPSA) is 73.3 Å². The van der Waals surface area contributed by atoms with Crippen LogP contribution in [-0.4, -0.2) is 19.9 Å². The van der Waals surface area contributed by atoms with Crippen molar-refractivity contribution < 1.29 is 14.3 Å². The molecule has 0 atom stereocenters. The molecule has 1 N–H and O–H groups in total. The Kier molecular flexibility index (Phi) is 6.18. The SMILES string of the molecule is Cc1oc(-c2ccccc2)nc1COc1ccc(Cn2cc(CO)c(C(C)C)n2)cc1. The van der Waals surface area contributed by atoms with Crippen LogP contribution in [0.3, 0.4) is 0 Å². The molecule has 0 aliphatic rings. The number of hydrogen-bond acceptors (Lipinski definition) is 5. The smallest absolute Gasteiger partial charge is 0.226 e. The van der Waals surface area contributed by atoms with Gasteiger partial charge >= 0.3 is 0 Å². The Morgan fingerprint density at radius 2 is 1.81 bits per heavy atom. The highest BCUT2D eigenvalue weighted by molar-refractivity contribution is 5.53. The second-order valence-corrected chi connectivity index (χ2v) is 7.87. The summed E-state index contributed by atoms with van der Waals surface area (Å²) in [5.74, 6) is 2.41. The number of aromatic nitrogens is 3. The molecule has 0 spiro atoms. The summed E-state index contributed by atoms with van der Waals surface area (Å²) in [5.41, 5.74) is 4.67. The Bertz CT molecular complexity index is 1130. The second kappa shape index (κ2) is 9.18. The zero-order valence-corrected chi connectivity index (χ0v) is 18.1. The first-order valence-electron chi connectivity index (χ1n) is 10.4. The Morgan fingerprint density at radius 1 is 1.06 bits per heavy atom. The van der Waals surface area contributed by atoms with Crippen LogP contribution < -0.4 is 4.74 Å². The monoisotopic (exact) mass is 417 g/mol. The zero-order valence-electron chi connectivity index (χ0n) is 18.1. The molecule has 0 bridgehead atoms. The second-order valence-electron chi connectivity index (χ2n) is 7.87. The summed E-state index contributed by atoms with van der Waals surface area (Å²) in [6, 6.07) is 17.8. The maximum absolute atomic E-state index is 9.54. The molecule has 2 heterocycles. The Balaban J connectivity index is 1.39. The van der Waals surface area contributed by atoms with Gasteiger partial charge in [0, 0.05) is 17.3 Å². The molecule has 0 saturated heterocycles. The minimum atomic E-state index is 0.00768. The lowest BCUT2D eigenvalue weighted by atomic mass is 10.1. The molecule has 0 amide bonds. The molecule has 6 heteroatoms. The molecule has 0 fully saturated rings. The molecule has 6 nitrogen and oxygen atoms in total. The number of hydrogen-bond donors (Lipinski definition) is 1. The van der Waals surface area contributed by atoms with Crippen molar-refractivity contribution in [3.63, 3.8) is 0 Å². The van der Waals surface area contributed by atoms with Crippen LogP contribution in [-0.2, 0) is 19.8 Å². The largest absolute Gasteiger partial charge is 0.487 e. The molecule has 0 unspecified atom stereocenters. The highest BCUT2D eigenvalue weighted by Gasteiger charge is 2.13. The summed E-state index contributed by atoms with van der Waals surface area (Å²) in [6.45, 7) is 7.06. The van der Waals surface area contributed by atoms with Crippen LogP contribution in [0.2, 0.25) is 0 Å². The van der Waals surface area contributed by atoms with E-state index in [2.05, 4.69) is 23.9 Å². The number of nitrogens with zero attached hydrogens (tertiary/aromatic N) is 3. The fourth-order valence-electron chi connectivity index (χ4n) is 3.46. The Labute approximate surface area is 182 Å². The van der Waals surface area contributed by atoms with Gasteiger partial charge in [0.15, 0.2) is 0 Å². The fraction of sp³-hybridized carbons (Fsp3) is 0.280. The van der Waals surface area contributed by atoms with E-state index in [0.29, 0.717) is 19.0 Å². The third-order valence-electron chi connectivity index (χ3n) is 5.14. The molecule has 0 saturated carbocycles. The van der Waals surface area contributed by atoms with Crippen LogP contribution in [0.15, 0.2) is 65.2 Å². The molecule has 31 heavy (non-hydrogen) atoms. The van der Waals surface area contributed by atoms with Crippen molar-refractivity contribution in [2.75, 3.05) is 0 Å². The molecular formula is C25H27N3O3. The van der Waals surface area contributed by atoms with Crippen LogP contribution in [0.25, 0.3) is 11.5 Å². The molecule has 0 aliphatic carbocycles. The highest BCUT2D eigenvalue weighted by atomic mass is 16.5. The summed E-state index contributed by atoms with van der Waals surface area (Å²) in [6.07, 6.45) is 1.91. The first-order valence-corrected chi connectivity index (χ1v) is 10.4. The normalized spacial score (nSPS) is 11.3. The van der Waals surface area contributed by atoms with Crippen LogP contribution in [0.5, 0.6) is 5.75 Å². The molecule has 160 valence electrons. The molecule has 0 aliphatic heterocycles. The van der Waals surface area contributed by atoms with Crippen molar-refractivity contribution in [2.45, 2.75) is 46.4 Å². The van der Waals surface area contributed by atoms with E-state index in [1.807, 2.05) is 72.4 Å². The molecule has 4 aromatic rings. The number of ether oxygens (including phenoxy) is 1. The van der Waals surface area contributed by atoms with Gasteiger partial charge in [-0.25, -0.2) is 4.98 Å². The van der Waals surface area contributed by atoms with Gasteiger partial charge < -0.3 is 14.3 Å². The maximum atomic E-state index is 9.54. The van der Waals surface area contributed by atoms with E-state index in [1.54, 1.807) is 0 Å². The van der Waals surface area contributed by atoms with E-state index >= 15 is 0 Å². The van der Waals surface area contributed by atoms with Crippen molar-refractivity contribution in [1.82, 2.24) is 14.8 Å². The van der Waals surface area contributed by atoms with E-state index in [4.69, 9.17) is 9.15 Å². The number of benzene rings is 2. The fourth-order valence-corrected chi connectivity index (χ4v) is 3.46. The lowest BCUT2D eigenvalue weighted by Gasteiger charge is -2.07. The maximum Gasteiger partial charge on any atom is 0.226 e. The van der Waals surface area contributed by atoms with Gasteiger partial charge in [-0.2, -0.15) is 5.10 Å². The molecule has 2 aromatic carbocycles. The van der Waals surface area contributed by atoms with Crippen LogP contribution in [0.1, 0.15) is 48.0 Å². The average molecular weight is 418 g/mol. The molecule has 2 aromatic heterocycles. The van der Waals surface area contributed by atoms with Crippen LogP contribution in [0, 0.1) is 6.92 Å². The molecule has 4 rings (SSSR count). The van der Waals surface area contributed by atoms with E-state index in [9.17, 15) is 5.11 Å². The van der Waals surface area contributed by atoms with Crippen molar-refractivity contribution in [3.05, 3.63) is 89.1 Å². The Hall–Kier alpha value is -3.38. The number of aliphatic hydroxyl groups excluding tert-OH is 1. The van der Waals surface area contributed by atoms with E-state index in [-0.39, 0.29) is 12.5 Å². The predicted molar refractivity (Wildman–Crippen MR) is 119 cm³/mol. The van der Waals surface area contributed by atoms with E-state index < -0.39 is 0 Å². The van der Waals surface area contributed by atoms with Gasteiger partial charge in [-0.05, 0) is 42.7 Å². The van der Waals surface area contributed by atoms with Crippen LogP contribution >= 0.6 is 0 Å². The number of oxazole rings is 1. The third-order valence-corrected chi connectivity index (χ3v) is 5.14. The van der Waals surface area contributed by atoms with Crippen molar-refractivity contribution >= 4 is 0 Å². The number of aryl methyl sites for hydroxylation is 1. The van der Waals surface area contributed by atoms with Gasteiger partial charge in [-0.1, -0.05) is 44.2 Å². The average Bonchev–Trinajstić information content (AvgIpc) is 3.37. The van der Waals surface area contributed by atoms with Gasteiger partial charge in [0.25, 0.3) is 0 Å². The first-order chi connectivity index (χ1) is 15.0. The van der Waals surface area contributed by atoms with Gasteiger partial charge in [0.05, 0.1) is 18.8 Å².